The van der Waals surface area contributed by atoms with Crippen molar-refractivity contribution >= 4 is 12.6 Å². The molecule has 23 heavy (non-hydrogen) atoms. The molecule has 0 aromatic carbocycles. The molecule has 0 bridgehead atoms. The Balaban J connectivity index is 1.88. The monoisotopic (exact) mass is 314 g/mol. The van der Waals surface area contributed by atoms with Crippen LogP contribution >= 0.6 is 0 Å². The van der Waals surface area contributed by atoms with Crippen LogP contribution in [0.15, 0.2) is 12.1 Å². The van der Waals surface area contributed by atoms with Crippen LogP contribution in [0.2, 0.25) is 0 Å². The number of nitrogens with zero attached hydrogens (tertiary/aromatic N) is 2. The fraction of sp³-hybridized carbons (Fsp3) is 0.647. The first-order chi connectivity index (χ1) is 10.8. The standard InChI is InChI=1S/C17H23BN2O3/c1-16(2)17(3,4)23-18(22-16)13-5-6-14(20-15(13)11-19)12-7-9-21-10-8-12/h5-6,12H,7-10H2,1-4H3. The lowest BCUT2D eigenvalue weighted by Crippen LogP contribution is -2.41. The molecule has 0 aliphatic carbocycles. The highest BCUT2D eigenvalue weighted by atomic mass is 16.7. The van der Waals surface area contributed by atoms with Crippen molar-refractivity contribution in [2.24, 2.45) is 0 Å². The van der Waals surface area contributed by atoms with Crippen LogP contribution < -0.4 is 5.46 Å². The van der Waals surface area contributed by atoms with Crippen molar-refractivity contribution in [3.8, 4) is 6.07 Å². The van der Waals surface area contributed by atoms with E-state index in [1.807, 2.05) is 39.8 Å². The number of hydrogen-bond acceptors (Lipinski definition) is 5. The molecule has 0 spiro atoms. The van der Waals surface area contributed by atoms with E-state index in [-0.39, 0.29) is 0 Å². The van der Waals surface area contributed by atoms with Gasteiger partial charge in [0.05, 0.1) is 11.2 Å². The second kappa shape index (κ2) is 5.90. The van der Waals surface area contributed by atoms with Gasteiger partial charge in [-0.2, -0.15) is 5.26 Å². The predicted octanol–water partition coefficient (Wildman–Crippen LogP) is 2.15. The SMILES string of the molecule is CC1(C)OB(c2ccc(C3CCOCC3)nc2C#N)OC1(C)C. The first kappa shape index (κ1) is 16.4. The smallest absolute Gasteiger partial charge is 0.399 e. The molecule has 0 atom stereocenters. The van der Waals surface area contributed by atoms with Crippen LogP contribution in [0.25, 0.3) is 0 Å². The van der Waals surface area contributed by atoms with Gasteiger partial charge in [-0.3, -0.25) is 0 Å². The average Bonchev–Trinajstić information content (AvgIpc) is 2.75. The summed E-state index contributed by atoms with van der Waals surface area (Å²) in [7, 11) is -0.550. The molecule has 3 rings (SSSR count). The van der Waals surface area contributed by atoms with Gasteiger partial charge in [-0.1, -0.05) is 6.07 Å². The van der Waals surface area contributed by atoms with Gasteiger partial charge >= 0.3 is 7.12 Å². The van der Waals surface area contributed by atoms with E-state index in [9.17, 15) is 5.26 Å². The Morgan fingerprint density at radius 1 is 1.13 bits per heavy atom. The summed E-state index contributed by atoms with van der Waals surface area (Å²) in [4.78, 5) is 4.58. The van der Waals surface area contributed by atoms with Crippen LogP contribution in [0.5, 0.6) is 0 Å². The van der Waals surface area contributed by atoms with Crippen molar-refractivity contribution in [3.05, 3.63) is 23.5 Å². The molecule has 122 valence electrons. The molecule has 2 saturated heterocycles. The van der Waals surface area contributed by atoms with E-state index in [0.717, 1.165) is 31.7 Å². The van der Waals surface area contributed by atoms with Gasteiger partial charge in [0.2, 0.25) is 0 Å². The molecule has 0 N–H and O–H groups in total. The second-order valence-electron chi connectivity index (χ2n) is 7.26. The Bertz CT molecular complexity index is 617. The van der Waals surface area contributed by atoms with Crippen LogP contribution in [0.3, 0.4) is 0 Å². The molecular formula is C17H23BN2O3. The lowest BCUT2D eigenvalue weighted by molar-refractivity contribution is 0.00578. The fourth-order valence-corrected chi connectivity index (χ4v) is 2.96. The van der Waals surface area contributed by atoms with E-state index < -0.39 is 18.3 Å². The molecule has 2 aliphatic rings. The Kier molecular flexibility index (Phi) is 4.22. The third-order valence-electron chi connectivity index (χ3n) is 5.20. The summed E-state index contributed by atoms with van der Waals surface area (Å²) in [6.45, 7) is 9.53. The molecule has 0 unspecified atom stereocenters. The molecule has 0 saturated carbocycles. The van der Waals surface area contributed by atoms with Gasteiger partial charge in [-0.25, -0.2) is 4.98 Å². The maximum atomic E-state index is 9.51. The van der Waals surface area contributed by atoms with Crippen molar-refractivity contribution in [1.29, 1.82) is 5.26 Å². The van der Waals surface area contributed by atoms with Crippen LogP contribution in [0, 0.1) is 11.3 Å². The van der Waals surface area contributed by atoms with Gasteiger partial charge < -0.3 is 14.0 Å². The zero-order chi connectivity index (χ0) is 16.7. The summed E-state index contributed by atoms with van der Waals surface area (Å²) >= 11 is 0. The number of pyridine rings is 1. The highest BCUT2D eigenvalue weighted by Gasteiger charge is 2.52. The molecule has 2 aliphatic heterocycles. The quantitative estimate of drug-likeness (QED) is 0.783. The normalized spacial score (nSPS) is 23.7. The molecule has 0 radical (unpaired) electrons. The lowest BCUT2D eigenvalue weighted by Gasteiger charge is -2.32. The number of hydrogen-bond donors (Lipinski definition) is 0. The van der Waals surface area contributed by atoms with E-state index in [4.69, 9.17) is 14.0 Å². The van der Waals surface area contributed by atoms with E-state index in [1.54, 1.807) is 0 Å². The van der Waals surface area contributed by atoms with E-state index >= 15 is 0 Å². The van der Waals surface area contributed by atoms with E-state index in [2.05, 4.69) is 11.1 Å². The zero-order valence-electron chi connectivity index (χ0n) is 14.3. The van der Waals surface area contributed by atoms with Gasteiger partial charge in [-0.15, -0.1) is 0 Å². The average molecular weight is 314 g/mol. The van der Waals surface area contributed by atoms with Crippen molar-refractivity contribution < 1.29 is 14.0 Å². The molecule has 6 heteroatoms. The summed E-state index contributed by atoms with van der Waals surface area (Å²) in [6.07, 6.45) is 1.90. The summed E-state index contributed by atoms with van der Waals surface area (Å²) in [5.74, 6) is 0.364. The third kappa shape index (κ3) is 3.01. The first-order valence-corrected chi connectivity index (χ1v) is 8.18. The number of ether oxygens (including phenoxy) is 1. The van der Waals surface area contributed by atoms with Crippen molar-refractivity contribution in [1.82, 2.24) is 4.98 Å². The molecule has 1 aromatic heterocycles. The molecule has 2 fully saturated rings. The highest BCUT2D eigenvalue weighted by molar-refractivity contribution is 6.62. The Morgan fingerprint density at radius 3 is 2.30 bits per heavy atom. The Labute approximate surface area is 138 Å². The Morgan fingerprint density at radius 2 is 1.74 bits per heavy atom. The minimum absolute atomic E-state index is 0.364. The van der Waals surface area contributed by atoms with E-state index in [0.29, 0.717) is 17.1 Å². The predicted molar refractivity (Wildman–Crippen MR) is 87.5 cm³/mol. The minimum atomic E-state index is -0.550. The first-order valence-electron chi connectivity index (χ1n) is 8.18. The third-order valence-corrected chi connectivity index (χ3v) is 5.20. The zero-order valence-corrected chi connectivity index (χ0v) is 14.3. The molecule has 5 nitrogen and oxygen atoms in total. The highest BCUT2D eigenvalue weighted by Crippen LogP contribution is 2.36. The van der Waals surface area contributed by atoms with Crippen LogP contribution in [-0.2, 0) is 14.0 Å². The molecule has 1 aromatic rings. The summed E-state index contributed by atoms with van der Waals surface area (Å²) in [6, 6.07) is 6.13. The van der Waals surface area contributed by atoms with Crippen LogP contribution in [-0.4, -0.2) is 36.5 Å². The van der Waals surface area contributed by atoms with Gasteiger partial charge in [0.25, 0.3) is 0 Å². The second-order valence-corrected chi connectivity index (χ2v) is 7.26. The molecule has 0 amide bonds. The number of rotatable bonds is 2. The van der Waals surface area contributed by atoms with Gasteiger partial charge in [0.1, 0.15) is 11.8 Å². The van der Waals surface area contributed by atoms with Gasteiger partial charge in [0, 0.05) is 30.3 Å². The Hall–Kier alpha value is -1.42. The fourth-order valence-electron chi connectivity index (χ4n) is 2.96. The number of nitriles is 1. The summed E-state index contributed by atoms with van der Waals surface area (Å²) < 4.78 is 17.5. The van der Waals surface area contributed by atoms with Gasteiger partial charge in [-0.05, 0) is 46.6 Å². The summed E-state index contributed by atoms with van der Waals surface area (Å²) in [5.41, 5.74) is 1.22. The van der Waals surface area contributed by atoms with Crippen molar-refractivity contribution in [2.45, 2.75) is 57.7 Å². The van der Waals surface area contributed by atoms with Gasteiger partial charge in [0.15, 0.2) is 0 Å². The molecular weight excluding hydrogens is 291 g/mol. The topological polar surface area (TPSA) is 64.4 Å². The maximum Gasteiger partial charge on any atom is 0.497 e. The number of aromatic nitrogens is 1. The maximum absolute atomic E-state index is 9.51. The van der Waals surface area contributed by atoms with Crippen LogP contribution in [0.1, 0.15) is 57.8 Å². The summed E-state index contributed by atoms with van der Waals surface area (Å²) in [5, 5.41) is 9.51. The van der Waals surface area contributed by atoms with Crippen molar-refractivity contribution in [2.75, 3.05) is 13.2 Å². The van der Waals surface area contributed by atoms with Crippen LogP contribution in [0.4, 0.5) is 0 Å². The van der Waals surface area contributed by atoms with Crippen molar-refractivity contribution in [3.63, 3.8) is 0 Å². The molecule has 3 heterocycles. The lowest BCUT2D eigenvalue weighted by atomic mass is 9.77. The van der Waals surface area contributed by atoms with E-state index in [1.165, 1.54) is 0 Å². The minimum Gasteiger partial charge on any atom is -0.399 e. The largest absolute Gasteiger partial charge is 0.497 e.